The zero-order chi connectivity index (χ0) is 13.8. The van der Waals surface area contributed by atoms with Crippen molar-refractivity contribution >= 4 is 5.69 Å². The fourth-order valence-corrected chi connectivity index (χ4v) is 2.69. The van der Waals surface area contributed by atoms with Gasteiger partial charge in [-0.05, 0) is 30.5 Å². The third kappa shape index (κ3) is 3.95. The number of hydrogen-bond acceptors (Lipinski definition) is 3. The third-order valence-corrected chi connectivity index (χ3v) is 3.78. The number of rotatable bonds is 4. The van der Waals surface area contributed by atoms with Crippen LogP contribution in [0, 0.1) is 5.92 Å². The van der Waals surface area contributed by atoms with Crippen molar-refractivity contribution in [2.24, 2.45) is 11.7 Å². The van der Waals surface area contributed by atoms with Crippen LogP contribution in [0.2, 0.25) is 0 Å². The highest BCUT2D eigenvalue weighted by Crippen LogP contribution is 2.19. The van der Waals surface area contributed by atoms with Gasteiger partial charge in [-0.1, -0.05) is 26.0 Å². The van der Waals surface area contributed by atoms with E-state index >= 15 is 0 Å². The van der Waals surface area contributed by atoms with Crippen molar-refractivity contribution in [3.8, 4) is 0 Å². The normalized spacial score (nSPS) is 18.9. The second kappa shape index (κ2) is 6.40. The summed E-state index contributed by atoms with van der Waals surface area (Å²) in [5.74, 6) is 0.761. The summed E-state index contributed by atoms with van der Waals surface area (Å²) in [5.41, 5.74) is 8.42. The number of hydrogen-bond donors (Lipinski definition) is 1. The Balaban J connectivity index is 1.90. The summed E-state index contributed by atoms with van der Waals surface area (Å²) in [5, 5.41) is 0. The quantitative estimate of drug-likeness (QED) is 0.904. The van der Waals surface area contributed by atoms with Gasteiger partial charge >= 0.3 is 0 Å². The number of anilines is 1. The summed E-state index contributed by atoms with van der Waals surface area (Å²) in [6.07, 6.45) is 0. The third-order valence-electron chi connectivity index (χ3n) is 3.78. The van der Waals surface area contributed by atoms with Crippen molar-refractivity contribution in [2.45, 2.75) is 26.8 Å². The van der Waals surface area contributed by atoms with Gasteiger partial charge in [0.15, 0.2) is 0 Å². The first-order valence-electron chi connectivity index (χ1n) is 7.39. The summed E-state index contributed by atoms with van der Waals surface area (Å²) in [6.45, 7) is 12.4. The van der Waals surface area contributed by atoms with Crippen LogP contribution in [0.25, 0.3) is 0 Å². The fraction of sp³-hybridized carbons (Fsp3) is 0.625. The van der Waals surface area contributed by atoms with Gasteiger partial charge in [-0.3, -0.25) is 4.90 Å². The lowest BCUT2D eigenvalue weighted by Crippen LogP contribution is -2.47. The van der Waals surface area contributed by atoms with Crippen molar-refractivity contribution < 1.29 is 0 Å². The first kappa shape index (κ1) is 14.4. The number of nitrogens with zero attached hydrogens (tertiary/aromatic N) is 2. The maximum absolute atomic E-state index is 5.89. The van der Waals surface area contributed by atoms with Crippen LogP contribution in [0.5, 0.6) is 0 Å². The van der Waals surface area contributed by atoms with Crippen LogP contribution in [0.3, 0.4) is 0 Å². The summed E-state index contributed by atoms with van der Waals surface area (Å²) in [6, 6.07) is 8.84. The highest BCUT2D eigenvalue weighted by molar-refractivity contribution is 5.48. The van der Waals surface area contributed by atoms with Crippen LogP contribution < -0.4 is 10.6 Å². The van der Waals surface area contributed by atoms with E-state index < -0.39 is 0 Å². The molecule has 2 rings (SSSR count). The van der Waals surface area contributed by atoms with E-state index in [1.165, 1.54) is 30.9 Å². The van der Waals surface area contributed by atoms with Gasteiger partial charge in [-0.2, -0.15) is 0 Å². The first-order valence-corrected chi connectivity index (χ1v) is 7.39. The maximum Gasteiger partial charge on any atom is 0.0367 e. The fourth-order valence-electron chi connectivity index (χ4n) is 2.69. The van der Waals surface area contributed by atoms with Crippen molar-refractivity contribution in [3.63, 3.8) is 0 Å². The molecule has 19 heavy (non-hydrogen) atoms. The molecule has 0 amide bonds. The smallest absolute Gasteiger partial charge is 0.0367 e. The van der Waals surface area contributed by atoms with E-state index in [2.05, 4.69) is 47.9 Å². The molecule has 1 aliphatic rings. The molecular weight excluding hydrogens is 234 g/mol. The summed E-state index contributed by atoms with van der Waals surface area (Å²) in [4.78, 5) is 5.04. The Bertz CT molecular complexity index is 375. The van der Waals surface area contributed by atoms with E-state index in [0.717, 1.165) is 19.0 Å². The van der Waals surface area contributed by atoms with Gasteiger partial charge in [0.1, 0.15) is 0 Å². The monoisotopic (exact) mass is 261 g/mol. The molecule has 3 nitrogen and oxygen atoms in total. The Morgan fingerprint density at radius 1 is 1.00 bits per heavy atom. The molecule has 0 bridgehead atoms. The molecule has 1 fully saturated rings. The minimum atomic E-state index is 0.122. The van der Waals surface area contributed by atoms with Crippen molar-refractivity contribution in [1.82, 2.24) is 4.90 Å². The van der Waals surface area contributed by atoms with Gasteiger partial charge in [-0.25, -0.2) is 0 Å². The van der Waals surface area contributed by atoms with Crippen LogP contribution in [-0.2, 0) is 0 Å². The molecule has 1 atom stereocenters. The zero-order valence-corrected chi connectivity index (χ0v) is 12.5. The second-order valence-corrected chi connectivity index (χ2v) is 6.06. The Morgan fingerprint density at radius 3 is 2.05 bits per heavy atom. The van der Waals surface area contributed by atoms with Gasteiger partial charge in [0, 0.05) is 44.5 Å². The molecule has 3 heteroatoms. The predicted octanol–water partition coefficient (Wildman–Crippen LogP) is 2.48. The first-order chi connectivity index (χ1) is 9.06. The Hall–Kier alpha value is -1.06. The lowest BCUT2D eigenvalue weighted by atomic mass is 10.1. The van der Waals surface area contributed by atoms with Gasteiger partial charge in [0.05, 0.1) is 0 Å². The van der Waals surface area contributed by atoms with Gasteiger partial charge < -0.3 is 10.6 Å². The number of piperazine rings is 1. The average Bonchev–Trinajstić information content (AvgIpc) is 2.39. The second-order valence-electron chi connectivity index (χ2n) is 6.06. The molecule has 1 aliphatic heterocycles. The summed E-state index contributed by atoms with van der Waals surface area (Å²) >= 11 is 0. The topological polar surface area (TPSA) is 32.5 Å². The largest absolute Gasteiger partial charge is 0.369 e. The summed E-state index contributed by atoms with van der Waals surface area (Å²) < 4.78 is 0. The maximum atomic E-state index is 5.89. The van der Waals surface area contributed by atoms with Gasteiger partial charge in [-0.15, -0.1) is 0 Å². The van der Waals surface area contributed by atoms with E-state index in [0.29, 0.717) is 0 Å². The highest BCUT2D eigenvalue weighted by Gasteiger charge is 2.17. The summed E-state index contributed by atoms with van der Waals surface area (Å²) in [7, 11) is 0. The van der Waals surface area contributed by atoms with E-state index in [-0.39, 0.29) is 6.04 Å². The van der Waals surface area contributed by atoms with Gasteiger partial charge in [0.2, 0.25) is 0 Å². The molecule has 0 spiro atoms. The Kier molecular flexibility index (Phi) is 4.83. The van der Waals surface area contributed by atoms with Crippen molar-refractivity contribution in [2.75, 3.05) is 37.6 Å². The zero-order valence-electron chi connectivity index (χ0n) is 12.5. The van der Waals surface area contributed by atoms with Crippen LogP contribution in [0.4, 0.5) is 5.69 Å². The molecule has 0 saturated carbocycles. The molecule has 1 aromatic rings. The minimum absolute atomic E-state index is 0.122. The lowest BCUT2D eigenvalue weighted by Gasteiger charge is -2.37. The molecule has 0 aromatic heterocycles. The molecule has 1 saturated heterocycles. The number of benzene rings is 1. The minimum Gasteiger partial charge on any atom is -0.369 e. The Labute approximate surface area is 117 Å². The van der Waals surface area contributed by atoms with Crippen LogP contribution in [0.1, 0.15) is 32.4 Å². The van der Waals surface area contributed by atoms with Crippen LogP contribution in [-0.4, -0.2) is 37.6 Å². The molecule has 0 unspecified atom stereocenters. The molecule has 0 radical (unpaired) electrons. The lowest BCUT2D eigenvalue weighted by molar-refractivity contribution is 0.231. The molecule has 1 aromatic carbocycles. The van der Waals surface area contributed by atoms with E-state index in [4.69, 9.17) is 5.73 Å². The van der Waals surface area contributed by atoms with Crippen molar-refractivity contribution in [3.05, 3.63) is 29.8 Å². The molecule has 106 valence electrons. The van der Waals surface area contributed by atoms with Crippen LogP contribution in [0.15, 0.2) is 24.3 Å². The molecule has 2 N–H and O–H groups in total. The number of nitrogens with two attached hydrogens (primary N) is 1. The van der Waals surface area contributed by atoms with Crippen LogP contribution >= 0.6 is 0 Å². The SMILES string of the molecule is CC(C)CN1CCN(c2ccc([C@@H](C)N)cc2)CC1. The van der Waals surface area contributed by atoms with E-state index in [9.17, 15) is 0 Å². The Morgan fingerprint density at radius 2 is 1.58 bits per heavy atom. The molecular formula is C16H27N3. The standard InChI is InChI=1S/C16H27N3/c1-13(2)12-18-8-10-19(11-9-18)16-6-4-15(5-7-16)14(3)17/h4-7,13-14H,8-12,17H2,1-3H3/t14-/m1/s1. The average molecular weight is 261 g/mol. The highest BCUT2D eigenvalue weighted by atomic mass is 15.3. The van der Waals surface area contributed by atoms with E-state index in [1.807, 2.05) is 6.92 Å². The molecule has 1 heterocycles. The van der Waals surface area contributed by atoms with Gasteiger partial charge in [0.25, 0.3) is 0 Å². The predicted molar refractivity (Wildman–Crippen MR) is 82.5 cm³/mol. The molecule has 0 aliphatic carbocycles. The van der Waals surface area contributed by atoms with E-state index in [1.54, 1.807) is 0 Å². The van der Waals surface area contributed by atoms with Crippen molar-refractivity contribution in [1.29, 1.82) is 0 Å².